The molecule has 0 fully saturated rings. The fourth-order valence-electron chi connectivity index (χ4n) is 2.19. The summed E-state index contributed by atoms with van der Waals surface area (Å²) >= 11 is 1.60. The van der Waals surface area contributed by atoms with E-state index >= 15 is 0 Å². The Kier molecular flexibility index (Phi) is 4.52. The van der Waals surface area contributed by atoms with E-state index < -0.39 is 6.10 Å². The van der Waals surface area contributed by atoms with Gasteiger partial charge in [-0.05, 0) is 36.1 Å². The zero-order valence-corrected chi connectivity index (χ0v) is 12.8. The normalized spacial score (nSPS) is 12.1. The van der Waals surface area contributed by atoms with Gasteiger partial charge in [0.1, 0.15) is 6.10 Å². The van der Waals surface area contributed by atoms with Gasteiger partial charge in [0.05, 0.1) is 21.3 Å². The molecular weight excluding hydrogens is 276 g/mol. The predicted octanol–water partition coefficient (Wildman–Crippen LogP) is 3.16. The molecule has 0 bridgehead atoms. The van der Waals surface area contributed by atoms with Gasteiger partial charge < -0.3 is 19.3 Å². The summed E-state index contributed by atoms with van der Waals surface area (Å²) in [6.07, 6.45) is -0.754. The zero-order valence-electron chi connectivity index (χ0n) is 12.0. The number of hydrogen-bond acceptors (Lipinski definition) is 5. The van der Waals surface area contributed by atoms with Gasteiger partial charge in [0.2, 0.25) is 5.75 Å². The van der Waals surface area contributed by atoms with Crippen molar-refractivity contribution in [3.8, 4) is 17.2 Å². The number of aryl methyl sites for hydroxylation is 1. The Morgan fingerprint density at radius 1 is 0.950 bits per heavy atom. The summed E-state index contributed by atoms with van der Waals surface area (Å²) in [6.45, 7) is 1.98. The Morgan fingerprint density at radius 3 is 2.15 bits per heavy atom. The van der Waals surface area contributed by atoms with Crippen LogP contribution in [-0.2, 0) is 0 Å². The monoisotopic (exact) mass is 294 g/mol. The molecule has 0 aliphatic carbocycles. The van der Waals surface area contributed by atoms with Crippen LogP contribution in [0.15, 0.2) is 23.6 Å². The van der Waals surface area contributed by atoms with Crippen LogP contribution in [0.2, 0.25) is 0 Å². The van der Waals surface area contributed by atoms with E-state index in [1.165, 1.54) is 0 Å². The molecule has 0 aliphatic heterocycles. The second-order valence-corrected chi connectivity index (χ2v) is 5.38. The maximum Gasteiger partial charge on any atom is 0.203 e. The van der Waals surface area contributed by atoms with Crippen LogP contribution < -0.4 is 14.2 Å². The van der Waals surface area contributed by atoms with Gasteiger partial charge in [-0.25, -0.2) is 0 Å². The van der Waals surface area contributed by atoms with Gasteiger partial charge in [-0.15, -0.1) is 11.3 Å². The Balaban J connectivity index is 2.54. The lowest BCUT2D eigenvalue weighted by molar-refractivity contribution is 0.212. The van der Waals surface area contributed by atoms with Crippen LogP contribution in [0.25, 0.3) is 0 Å². The Hall–Kier alpha value is -1.72. The number of ether oxygens (including phenoxy) is 3. The first-order chi connectivity index (χ1) is 9.63. The standard InChI is InChI=1S/C15H18O4S/c1-9-10(7-8-20-9)13(16)11-5-6-12(17-2)15(19-4)14(11)18-3/h5-8,13,16H,1-4H3. The van der Waals surface area contributed by atoms with Gasteiger partial charge in [-0.1, -0.05) is 0 Å². The van der Waals surface area contributed by atoms with E-state index in [4.69, 9.17) is 14.2 Å². The fraction of sp³-hybridized carbons (Fsp3) is 0.333. The second kappa shape index (κ2) is 6.15. The molecule has 1 aromatic carbocycles. The molecular formula is C15H18O4S. The van der Waals surface area contributed by atoms with Crippen LogP contribution in [0.4, 0.5) is 0 Å². The van der Waals surface area contributed by atoms with Crippen LogP contribution in [-0.4, -0.2) is 26.4 Å². The van der Waals surface area contributed by atoms with Crippen molar-refractivity contribution >= 4 is 11.3 Å². The minimum atomic E-state index is -0.754. The number of aliphatic hydroxyl groups is 1. The number of thiophene rings is 1. The summed E-state index contributed by atoms with van der Waals surface area (Å²) in [5, 5.41) is 12.5. The van der Waals surface area contributed by atoms with E-state index in [0.717, 1.165) is 10.4 Å². The summed E-state index contributed by atoms with van der Waals surface area (Å²) in [5.74, 6) is 1.55. The molecule has 0 saturated heterocycles. The minimum Gasteiger partial charge on any atom is -0.493 e. The topological polar surface area (TPSA) is 47.9 Å². The van der Waals surface area contributed by atoms with Crippen molar-refractivity contribution in [2.24, 2.45) is 0 Å². The summed E-state index contributed by atoms with van der Waals surface area (Å²) in [5.41, 5.74) is 1.53. The van der Waals surface area contributed by atoms with Crippen molar-refractivity contribution in [1.29, 1.82) is 0 Å². The van der Waals surface area contributed by atoms with E-state index in [2.05, 4.69) is 0 Å². The van der Waals surface area contributed by atoms with Gasteiger partial charge in [-0.2, -0.15) is 0 Å². The number of rotatable bonds is 5. The average molecular weight is 294 g/mol. The molecule has 0 saturated carbocycles. The largest absolute Gasteiger partial charge is 0.493 e. The molecule has 0 amide bonds. The molecule has 5 heteroatoms. The molecule has 0 aliphatic rings. The highest BCUT2D eigenvalue weighted by Crippen LogP contribution is 2.44. The van der Waals surface area contributed by atoms with E-state index in [9.17, 15) is 5.11 Å². The second-order valence-electron chi connectivity index (χ2n) is 4.26. The number of aliphatic hydroxyl groups excluding tert-OH is 1. The van der Waals surface area contributed by atoms with E-state index in [1.807, 2.05) is 18.4 Å². The molecule has 1 N–H and O–H groups in total. The zero-order chi connectivity index (χ0) is 14.7. The van der Waals surface area contributed by atoms with Crippen LogP contribution in [0.5, 0.6) is 17.2 Å². The highest BCUT2D eigenvalue weighted by Gasteiger charge is 2.23. The van der Waals surface area contributed by atoms with Gasteiger partial charge in [0.15, 0.2) is 11.5 Å². The Bertz CT molecular complexity index is 592. The highest BCUT2D eigenvalue weighted by atomic mass is 32.1. The number of hydrogen-bond donors (Lipinski definition) is 1. The molecule has 20 heavy (non-hydrogen) atoms. The molecule has 108 valence electrons. The summed E-state index contributed by atoms with van der Waals surface area (Å²) < 4.78 is 16.0. The minimum absolute atomic E-state index is 0.486. The lowest BCUT2D eigenvalue weighted by atomic mass is 10.0. The highest BCUT2D eigenvalue weighted by molar-refractivity contribution is 7.10. The van der Waals surface area contributed by atoms with Crippen molar-refractivity contribution < 1.29 is 19.3 Å². The lowest BCUT2D eigenvalue weighted by Crippen LogP contribution is -2.05. The maximum atomic E-state index is 10.6. The van der Waals surface area contributed by atoms with E-state index in [1.54, 1.807) is 44.8 Å². The van der Waals surface area contributed by atoms with Crippen LogP contribution in [0.1, 0.15) is 22.1 Å². The van der Waals surface area contributed by atoms with E-state index in [0.29, 0.717) is 22.8 Å². The number of benzene rings is 1. The van der Waals surface area contributed by atoms with Gasteiger partial charge >= 0.3 is 0 Å². The maximum absolute atomic E-state index is 10.6. The molecule has 0 radical (unpaired) electrons. The van der Waals surface area contributed by atoms with Gasteiger partial charge in [-0.3, -0.25) is 0 Å². The first-order valence-electron chi connectivity index (χ1n) is 6.15. The van der Waals surface area contributed by atoms with Crippen LogP contribution in [0, 0.1) is 6.92 Å². The van der Waals surface area contributed by atoms with Crippen molar-refractivity contribution in [3.05, 3.63) is 39.6 Å². The molecule has 2 aromatic rings. The summed E-state index contributed by atoms with van der Waals surface area (Å²) in [4.78, 5) is 1.08. The SMILES string of the molecule is COc1ccc(C(O)c2ccsc2C)c(OC)c1OC. The molecule has 1 aromatic heterocycles. The number of methoxy groups -OCH3 is 3. The smallest absolute Gasteiger partial charge is 0.203 e. The van der Waals surface area contributed by atoms with Crippen molar-refractivity contribution in [1.82, 2.24) is 0 Å². The summed E-state index contributed by atoms with van der Waals surface area (Å²) in [7, 11) is 4.66. The van der Waals surface area contributed by atoms with Crippen LogP contribution >= 0.6 is 11.3 Å². The molecule has 4 nitrogen and oxygen atoms in total. The van der Waals surface area contributed by atoms with E-state index in [-0.39, 0.29) is 0 Å². The first kappa shape index (κ1) is 14.7. The lowest BCUT2D eigenvalue weighted by Gasteiger charge is -2.19. The third kappa shape index (κ3) is 2.46. The quantitative estimate of drug-likeness (QED) is 0.920. The van der Waals surface area contributed by atoms with Crippen molar-refractivity contribution in [2.45, 2.75) is 13.0 Å². The first-order valence-corrected chi connectivity index (χ1v) is 7.02. The molecule has 0 spiro atoms. The summed E-state index contributed by atoms with van der Waals surface area (Å²) in [6, 6.07) is 5.48. The molecule has 2 rings (SSSR count). The van der Waals surface area contributed by atoms with Crippen molar-refractivity contribution in [2.75, 3.05) is 21.3 Å². The van der Waals surface area contributed by atoms with Crippen LogP contribution in [0.3, 0.4) is 0 Å². The van der Waals surface area contributed by atoms with Gasteiger partial charge in [0.25, 0.3) is 0 Å². The fourth-order valence-corrected chi connectivity index (χ4v) is 2.92. The molecule has 1 atom stereocenters. The van der Waals surface area contributed by atoms with Gasteiger partial charge in [0, 0.05) is 10.4 Å². The Labute approximate surface area is 122 Å². The van der Waals surface area contributed by atoms with Crippen molar-refractivity contribution in [3.63, 3.8) is 0 Å². The molecule has 1 unspecified atom stereocenters. The Morgan fingerprint density at radius 2 is 1.65 bits per heavy atom. The third-order valence-corrected chi connectivity index (χ3v) is 4.08. The third-order valence-electron chi connectivity index (χ3n) is 3.22. The molecule has 1 heterocycles. The predicted molar refractivity (Wildman–Crippen MR) is 79.2 cm³/mol. The average Bonchev–Trinajstić information content (AvgIpc) is 2.90.